The second kappa shape index (κ2) is 6.96. The van der Waals surface area contributed by atoms with Gasteiger partial charge >= 0.3 is 0 Å². The number of nitrogens with one attached hydrogen (secondary N) is 1. The summed E-state index contributed by atoms with van der Waals surface area (Å²) in [6.07, 6.45) is 4.35. The van der Waals surface area contributed by atoms with Crippen LogP contribution in [0.1, 0.15) is 35.7 Å². The monoisotopic (exact) mass is 312 g/mol. The molecule has 1 aromatic heterocycles. The molecule has 1 atom stereocenters. The average Bonchev–Trinajstić information content (AvgIpc) is 2.60. The summed E-state index contributed by atoms with van der Waals surface area (Å²) in [5.74, 6) is 1.58. The molecule has 0 aliphatic heterocycles. The third kappa shape index (κ3) is 3.45. The van der Waals surface area contributed by atoms with E-state index in [1.807, 2.05) is 49.3 Å². The number of aromatic nitrogens is 2. The van der Waals surface area contributed by atoms with E-state index >= 15 is 0 Å². The number of fused-ring (bicyclic) bond motifs is 1. The number of aliphatic hydroxyl groups excluding tert-OH is 1. The topological polar surface area (TPSA) is 61.3 Å². The molecule has 0 unspecified atom stereocenters. The minimum Gasteiger partial charge on any atom is -0.394 e. The molecule has 0 fully saturated rings. The lowest BCUT2D eigenvalue weighted by molar-refractivity contribution is 0.276. The fourth-order valence-electron chi connectivity index (χ4n) is 2.99. The molecule has 1 heterocycles. The van der Waals surface area contributed by atoms with Gasteiger partial charge in [-0.15, -0.1) is 0 Å². The zero-order valence-electron chi connectivity index (χ0n) is 13.8. The zero-order chi connectivity index (χ0) is 16.2. The fourth-order valence-corrected chi connectivity index (χ4v) is 2.99. The maximum atomic E-state index is 9.81. The van der Waals surface area contributed by atoms with E-state index in [0.29, 0.717) is 0 Å². The van der Waals surface area contributed by atoms with E-state index in [1.54, 1.807) is 0 Å². The van der Waals surface area contributed by atoms with Crippen LogP contribution in [-0.2, 0) is 12.8 Å². The van der Waals surface area contributed by atoms with Crippen LogP contribution in [0.5, 0.6) is 0 Å². The molecule has 5 heteroatoms. The van der Waals surface area contributed by atoms with Crippen molar-refractivity contribution in [3.8, 4) is 0 Å². The van der Waals surface area contributed by atoms with Crippen LogP contribution < -0.4 is 10.2 Å². The second-order valence-corrected chi connectivity index (χ2v) is 6.19. The van der Waals surface area contributed by atoms with Crippen LogP contribution >= 0.6 is 0 Å². The van der Waals surface area contributed by atoms with Gasteiger partial charge in [0, 0.05) is 19.7 Å². The summed E-state index contributed by atoms with van der Waals surface area (Å²) in [7, 11) is 3.91. The Hall–Kier alpha value is -2.14. The van der Waals surface area contributed by atoms with Crippen molar-refractivity contribution in [1.82, 2.24) is 9.97 Å². The first-order valence-corrected chi connectivity index (χ1v) is 8.18. The van der Waals surface area contributed by atoms with Gasteiger partial charge in [-0.05, 0) is 31.2 Å². The Bertz CT molecular complexity index is 658. The standard InChI is InChI=1S/C18H24N4O/c1-22(2)18-20-15-11-7-6-10-14(15)17(21-18)19-16(12-23)13-8-4-3-5-9-13/h3-5,8-9,16,23H,6-7,10-12H2,1-2H3,(H,19,20,21)/t16-/m0/s1. The molecular weight excluding hydrogens is 288 g/mol. The summed E-state index contributed by atoms with van der Waals surface area (Å²) < 4.78 is 0. The Morgan fingerprint density at radius 2 is 1.87 bits per heavy atom. The fraction of sp³-hybridized carbons (Fsp3) is 0.444. The molecule has 2 aromatic rings. The number of aryl methyl sites for hydroxylation is 1. The highest BCUT2D eigenvalue weighted by Gasteiger charge is 2.21. The number of nitrogens with zero attached hydrogens (tertiary/aromatic N) is 3. The van der Waals surface area contributed by atoms with Gasteiger partial charge in [-0.2, -0.15) is 4.98 Å². The zero-order valence-corrected chi connectivity index (χ0v) is 13.8. The van der Waals surface area contributed by atoms with Gasteiger partial charge in [0.1, 0.15) is 5.82 Å². The lowest BCUT2D eigenvalue weighted by Gasteiger charge is -2.24. The number of benzene rings is 1. The Labute approximate surface area is 137 Å². The SMILES string of the molecule is CN(C)c1nc2c(c(N[C@@H](CO)c3ccccc3)n1)CCCC2. The van der Waals surface area contributed by atoms with E-state index in [0.717, 1.165) is 35.9 Å². The van der Waals surface area contributed by atoms with Crippen molar-refractivity contribution in [3.05, 3.63) is 47.2 Å². The lowest BCUT2D eigenvalue weighted by atomic mass is 9.96. The van der Waals surface area contributed by atoms with E-state index in [-0.39, 0.29) is 12.6 Å². The van der Waals surface area contributed by atoms with Crippen molar-refractivity contribution in [2.45, 2.75) is 31.7 Å². The molecule has 0 spiro atoms. The second-order valence-electron chi connectivity index (χ2n) is 6.19. The first-order valence-electron chi connectivity index (χ1n) is 8.18. The highest BCUT2D eigenvalue weighted by Crippen LogP contribution is 2.29. The van der Waals surface area contributed by atoms with Crippen molar-refractivity contribution < 1.29 is 5.11 Å². The summed E-state index contributed by atoms with van der Waals surface area (Å²) in [4.78, 5) is 11.3. The smallest absolute Gasteiger partial charge is 0.227 e. The molecule has 1 aliphatic carbocycles. The Kier molecular flexibility index (Phi) is 4.76. The van der Waals surface area contributed by atoms with Crippen LogP contribution in [0.15, 0.2) is 30.3 Å². The predicted octanol–water partition coefficient (Wildman–Crippen LogP) is 2.57. The molecule has 0 radical (unpaired) electrons. The van der Waals surface area contributed by atoms with Crippen LogP contribution in [0.3, 0.4) is 0 Å². The Balaban J connectivity index is 1.96. The van der Waals surface area contributed by atoms with Crippen LogP contribution in [0.25, 0.3) is 0 Å². The molecule has 0 saturated heterocycles. The Morgan fingerprint density at radius 1 is 1.13 bits per heavy atom. The summed E-state index contributed by atoms with van der Waals surface area (Å²) in [5.41, 5.74) is 3.41. The van der Waals surface area contributed by atoms with Gasteiger partial charge in [0.15, 0.2) is 0 Å². The predicted molar refractivity (Wildman–Crippen MR) is 92.9 cm³/mol. The number of anilines is 2. The van der Waals surface area contributed by atoms with Crippen LogP contribution in [0.4, 0.5) is 11.8 Å². The average molecular weight is 312 g/mol. The van der Waals surface area contributed by atoms with E-state index in [2.05, 4.69) is 5.32 Å². The molecule has 2 N–H and O–H groups in total. The summed E-state index contributed by atoms with van der Waals surface area (Å²) in [5, 5.41) is 13.2. The molecule has 0 amide bonds. The first-order chi connectivity index (χ1) is 11.2. The van der Waals surface area contributed by atoms with Crippen LogP contribution in [-0.4, -0.2) is 35.8 Å². The molecule has 0 saturated carbocycles. The van der Waals surface area contributed by atoms with Crippen molar-refractivity contribution in [2.24, 2.45) is 0 Å². The molecule has 1 aromatic carbocycles. The van der Waals surface area contributed by atoms with E-state index in [1.165, 1.54) is 18.4 Å². The molecular formula is C18H24N4O. The van der Waals surface area contributed by atoms with Gasteiger partial charge in [-0.25, -0.2) is 4.98 Å². The molecule has 3 rings (SSSR count). The van der Waals surface area contributed by atoms with Gasteiger partial charge in [-0.3, -0.25) is 0 Å². The molecule has 23 heavy (non-hydrogen) atoms. The molecule has 5 nitrogen and oxygen atoms in total. The van der Waals surface area contributed by atoms with Crippen molar-refractivity contribution in [1.29, 1.82) is 0 Å². The number of rotatable bonds is 5. The molecule has 0 bridgehead atoms. The van der Waals surface area contributed by atoms with Crippen molar-refractivity contribution in [2.75, 3.05) is 30.9 Å². The maximum Gasteiger partial charge on any atom is 0.227 e. The summed E-state index contributed by atoms with van der Waals surface area (Å²) in [6.45, 7) is 0.0279. The normalized spacial score (nSPS) is 14.9. The minimum absolute atomic E-state index is 0.0279. The highest BCUT2D eigenvalue weighted by molar-refractivity contribution is 5.53. The third-order valence-corrected chi connectivity index (χ3v) is 4.27. The van der Waals surface area contributed by atoms with Crippen LogP contribution in [0, 0.1) is 0 Å². The maximum absolute atomic E-state index is 9.81. The number of aliphatic hydroxyl groups is 1. The highest BCUT2D eigenvalue weighted by atomic mass is 16.3. The quantitative estimate of drug-likeness (QED) is 0.888. The largest absolute Gasteiger partial charge is 0.394 e. The van der Waals surface area contributed by atoms with E-state index < -0.39 is 0 Å². The summed E-state index contributed by atoms with van der Waals surface area (Å²) in [6, 6.07) is 9.84. The van der Waals surface area contributed by atoms with Crippen LogP contribution in [0.2, 0.25) is 0 Å². The number of hydrogen-bond donors (Lipinski definition) is 2. The lowest BCUT2D eigenvalue weighted by Crippen LogP contribution is -2.22. The Morgan fingerprint density at radius 3 is 2.57 bits per heavy atom. The molecule has 122 valence electrons. The molecule has 1 aliphatic rings. The van der Waals surface area contributed by atoms with E-state index in [4.69, 9.17) is 9.97 Å². The van der Waals surface area contributed by atoms with Crippen molar-refractivity contribution >= 4 is 11.8 Å². The first kappa shape index (κ1) is 15.7. The van der Waals surface area contributed by atoms with Gasteiger partial charge in [0.05, 0.1) is 18.3 Å². The summed E-state index contributed by atoms with van der Waals surface area (Å²) >= 11 is 0. The van der Waals surface area contributed by atoms with Gasteiger partial charge in [-0.1, -0.05) is 30.3 Å². The van der Waals surface area contributed by atoms with Gasteiger partial charge in [0.2, 0.25) is 5.95 Å². The van der Waals surface area contributed by atoms with Gasteiger partial charge in [0.25, 0.3) is 0 Å². The van der Waals surface area contributed by atoms with E-state index in [9.17, 15) is 5.11 Å². The third-order valence-electron chi connectivity index (χ3n) is 4.27. The minimum atomic E-state index is -0.160. The number of hydrogen-bond acceptors (Lipinski definition) is 5. The van der Waals surface area contributed by atoms with Crippen molar-refractivity contribution in [3.63, 3.8) is 0 Å². The van der Waals surface area contributed by atoms with Gasteiger partial charge < -0.3 is 15.3 Å².